The number of aryl methyl sites for hydroxylation is 1. The number of rotatable bonds is 3. The largest absolute Gasteiger partial charge is 0.453 e. The monoisotopic (exact) mass is 344 g/mol. The van der Waals surface area contributed by atoms with Crippen LogP contribution in [0.3, 0.4) is 0 Å². The van der Waals surface area contributed by atoms with Crippen molar-refractivity contribution in [3.63, 3.8) is 0 Å². The van der Waals surface area contributed by atoms with Crippen molar-refractivity contribution in [1.29, 1.82) is 5.26 Å². The Balaban J connectivity index is 2.04. The molecule has 5 nitrogen and oxygen atoms in total. The first-order valence-electron chi connectivity index (χ1n) is 7.71. The highest BCUT2D eigenvalue weighted by molar-refractivity contribution is 6.30. The first kappa shape index (κ1) is 16.6. The smallest absolute Gasteiger partial charge is 0.261 e. The van der Waals surface area contributed by atoms with Gasteiger partial charge in [0.1, 0.15) is 12.3 Å². The molecule has 24 heavy (non-hydrogen) atoms. The van der Waals surface area contributed by atoms with Gasteiger partial charge in [0.25, 0.3) is 5.91 Å². The molecular weight excluding hydrogens is 328 g/mol. The van der Waals surface area contributed by atoms with E-state index < -0.39 is 0 Å². The Labute approximate surface area is 145 Å². The second-order valence-electron chi connectivity index (χ2n) is 5.85. The van der Waals surface area contributed by atoms with Crippen LogP contribution in [0.5, 0.6) is 0 Å². The lowest BCUT2D eigenvalue weighted by molar-refractivity contribution is 0.0924. The van der Waals surface area contributed by atoms with E-state index in [1.54, 1.807) is 11.0 Å². The van der Waals surface area contributed by atoms with Gasteiger partial charge in [-0.3, -0.25) is 4.79 Å². The van der Waals surface area contributed by atoms with E-state index in [1.165, 1.54) is 12.3 Å². The predicted octanol–water partition coefficient (Wildman–Crippen LogP) is 3.94. The van der Waals surface area contributed by atoms with Crippen molar-refractivity contribution in [2.45, 2.75) is 32.4 Å². The van der Waals surface area contributed by atoms with Gasteiger partial charge in [-0.2, -0.15) is 5.26 Å². The summed E-state index contributed by atoms with van der Waals surface area (Å²) >= 11 is 6.05. The van der Waals surface area contributed by atoms with E-state index in [9.17, 15) is 4.79 Å². The van der Waals surface area contributed by atoms with Gasteiger partial charge in [-0.15, -0.1) is 0 Å². The Morgan fingerprint density at radius 3 is 2.79 bits per heavy atom. The summed E-state index contributed by atoms with van der Waals surface area (Å²) in [5.41, 5.74) is 2.03. The van der Waals surface area contributed by atoms with Gasteiger partial charge >= 0.3 is 0 Å². The van der Waals surface area contributed by atoms with Crippen molar-refractivity contribution in [3.05, 3.63) is 52.4 Å². The highest BCUT2D eigenvalue weighted by Gasteiger charge is 2.35. The summed E-state index contributed by atoms with van der Waals surface area (Å²) in [7, 11) is 0. The summed E-state index contributed by atoms with van der Waals surface area (Å²) < 4.78 is 10.7. The molecule has 1 aromatic heterocycles. The van der Waals surface area contributed by atoms with Gasteiger partial charge < -0.3 is 14.1 Å². The number of hydrogen-bond donors (Lipinski definition) is 0. The first-order chi connectivity index (χ1) is 11.5. The van der Waals surface area contributed by atoms with Gasteiger partial charge in [-0.25, -0.2) is 0 Å². The van der Waals surface area contributed by atoms with Crippen LogP contribution in [-0.2, 0) is 4.74 Å². The molecule has 6 heteroatoms. The van der Waals surface area contributed by atoms with Crippen LogP contribution >= 0.6 is 11.6 Å². The molecule has 1 fully saturated rings. The zero-order chi connectivity index (χ0) is 17.3. The standard InChI is InChI=1S/C18H17ClN2O3/c1-11-7-14(19)3-4-16(11)21(17-5-6-23-12(17)2)18(22)13-8-15(9-20)24-10-13/h3-4,7-8,10,12,17H,5-6H2,1-2H3. The second kappa shape index (κ2) is 6.68. The van der Waals surface area contributed by atoms with E-state index >= 15 is 0 Å². The maximum absolute atomic E-state index is 13.1. The summed E-state index contributed by atoms with van der Waals surface area (Å²) in [4.78, 5) is 14.8. The van der Waals surface area contributed by atoms with Crippen LogP contribution in [0.2, 0.25) is 5.02 Å². The summed E-state index contributed by atoms with van der Waals surface area (Å²) in [5.74, 6) is -0.102. The third-order valence-corrected chi connectivity index (χ3v) is 4.50. The number of benzene rings is 1. The predicted molar refractivity (Wildman–Crippen MR) is 90.2 cm³/mol. The molecule has 2 heterocycles. The molecule has 124 valence electrons. The molecule has 2 aromatic rings. The number of carbonyl (C=O) groups excluding carboxylic acids is 1. The molecule has 0 N–H and O–H groups in total. The van der Waals surface area contributed by atoms with E-state index in [-0.39, 0.29) is 23.8 Å². The molecule has 1 aromatic carbocycles. The number of nitriles is 1. The average Bonchev–Trinajstić information content (AvgIpc) is 3.19. The SMILES string of the molecule is Cc1cc(Cl)ccc1N(C(=O)c1coc(C#N)c1)C1CCOC1C. The molecule has 2 atom stereocenters. The van der Waals surface area contributed by atoms with Crippen LogP contribution in [0.4, 0.5) is 5.69 Å². The van der Waals surface area contributed by atoms with Crippen LogP contribution in [-0.4, -0.2) is 24.7 Å². The fourth-order valence-corrected chi connectivity index (χ4v) is 3.26. The van der Waals surface area contributed by atoms with Crippen LogP contribution < -0.4 is 4.90 Å². The summed E-state index contributed by atoms with van der Waals surface area (Å²) in [6, 6.07) is 8.70. The summed E-state index contributed by atoms with van der Waals surface area (Å²) in [6.45, 7) is 4.48. The van der Waals surface area contributed by atoms with Crippen molar-refractivity contribution >= 4 is 23.2 Å². The average molecular weight is 345 g/mol. The molecular formula is C18H17ClN2O3. The van der Waals surface area contributed by atoms with Crippen LogP contribution in [0, 0.1) is 18.3 Å². The minimum absolute atomic E-state index is 0.0774. The summed E-state index contributed by atoms with van der Waals surface area (Å²) in [5, 5.41) is 9.53. The summed E-state index contributed by atoms with van der Waals surface area (Å²) in [6.07, 6.45) is 1.99. The van der Waals surface area contributed by atoms with Gasteiger partial charge in [0.05, 0.1) is 17.7 Å². The topological polar surface area (TPSA) is 66.5 Å². The lowest BCUT2D eigenvalue weighted by Gasteiger charge is -2.32. The number of anilines is 1. The van der Waals surface area contributed by atoms with Gasteiger partial charge in [-0.1, -0.05) is 11.6 Å². The Kier molecular flexibility index (Phi) is 4.61. The molecule has 0 aliphatic carbocycles. The normalized spacial score (nSPS) is 19.9. The number of halogens is 1. The molecule has 0 radical (unpaired) electrons. The zero-order valence-corrected chi connectivity index (χ0v) is 14.2. The third kappa shape index (κ3) is 3.03. The third-order valence-electron chi connectivity index (χ3n) is 4.26. The molecule has 1 aliphatic rings. The molecule has 3 rings (SSSR count). The maximum Gasteiger partial charge on any atom is 0.261 e. The maximum atomic E-state index is 13.1. The van der Waals surface area contributed by atoms with Crippen molar-refractivity contribution in [2.75, 3.05) is 11.5 Å². The molecule has 0 bridgehead atoms. The van der Waals surface area contributed by atoms with Crippen LogP contribution in [0.1, 0.15) is 35.0 Å². The molecule has 0 saturated carbocycles. The van der Waals surface area contributed by atoms with Gasteiger partial charge in [-0.05, 0) is 44.0 Å². The number of carbonyl (C=O) groups is 1. The van der Waals surface area contributed by atoms with E-state index in [1.807, 2.05) is 32.0 Å². The van der Waals surface area contributed by atoms with Gasteiger partial charge in [0.2, 0.25) is 5.76 Å². The lowest BCUT2D eigenvalue weighted by Crippen LogP contribution is -2.44. The fraction of sp³-hybridized carbons (Fsp3) is 0.333. The Morgan fingerprint density at radius 1 is 1.42 bits per heavy atom. The second-order valence-corrected chi connectivity index (χ2v) is 6.29. The van der Waals surface area contributed by atoms with E-state index in [4.69, 9.17) is 26.0 Å². The number of ether oxygens (including phenoxy) is 1. The molecule has 1 amide bonds. The fourth-order valence-electron chi connectivity index (χ4n) is 3.03. The lowest BCUT2D eigenvalue weighted by atomic mass is 10.0. The Hall–Kier alpha value is -2.29. The molecule has 2 unspecified atom stereocenters. The van der Waals surface area contributed by atoms with Crippen LogP contribution in [0.25, 0.3) is 0 Å². The highest BCUT2D eigenvalue weighted by Crippen LogP contribution is 2.31. The van der Waals surface area contributed by atoms with E-state index in [0.717, 1.165) is 17.7 Å². The quantitative estimate of drug-likeness (QED) is 0.845. The minimum Gasteiger partial charge on any atom is -0.453 e. The van der Waals surface area contributed by atoms with E-state index in [2.05, 4.69) is 0 Å². The highest BCUT2D eigenvalue weighted by atomic mass is 35.5. The van der Waals surface area contributed by atoms with Crippen LogP contribution in [0.15, 0.2) is 34.9 Å². The number of hydrogen-bond acceptors (Lipinski definition) is 4. The minimum atomic E-state index is -0.215. The van der Waals surface area contributed by atoms with Crippen molar-refractivity contribution in [1.82, 2.24) is 0 Å². The number of nitrogens with zero attached hydrogens (tertiary/aromatic N) is 2. The van der Waals surface area contributed by atoms with Crippen molar-refractivity contribution < 1.29 is 13.9 Å². The Bertz CT molecular complexity index is 809. The van der Waals surface area contributed by atoms with E-state index in [0.29, 0.717) is 17.2 Å². The van der Waals surface area contributed by atoms with Crippen molar-refractivity contribution in [3.8, 4) is 6.07 Å². The van der Waals surface area contributed by atoms with Crippen molar-refractivity contribution in [2.24, 2.45) is 0 Å². The zero-order valence-electron chi connectivity index (χ0n) is 13.5. The molecule has 1 aliphatic heterocycles. The Morgan fingerprint density at radius 2 is 2.21 bits per heavy atom. The van der Waals surface area contributed by atoms with Gasteiger partial charge in [0.15, 0.2) is 0 Å². The first-order valence-corrected chi connectivity index (χ1v) is 8.09. The molecule has 0 spiro atoms. The number of amides is 1. The number of furan rings is 1. The van der Waals surface area contributed by atoms with Gasteiger partial charge in [0, 0.05) is 23.4 Å². The molecule has 1 saturated heterocycles.